The largest absolute Gasteiger partial charge is 0.493 e. The van der Waals surface area contributed by atoms with Crippen LogP contribution in [0.5, 0.6) is 17.2 Å². The van der Waals surface area contributed by atoms with Crippen LogP contribution in [0.3, 0.4) is 0 Å². The molecule has 0 radical (unpaired) electrons. The van der Waals surface area contributed by atoms with Gasteiger partial charge in [0.1, 0.15) is 18.6 Å². The summed E-state index contributed by atoms with van der Waals surface area (Å²) in [5.41, 5.74) is 3.71. The predicted molar refractivity (Wildman–Crippen MR) is 161 cm³/mol. The summed E-state index contributed by atoms with van der Waals surface area (Å²) in [6, 6.07) is 17.4. The van der Waals surface area contributed by atoms with E-state index in [2.05, 4.69) is 5.32 Å². The van der Waals surface area contributed by atoms with Crippen LogP contribution in [-0.2, 0) is 27.2 Å². The second-order valence-electron chi connectivity index (χ2n) is 10.1. The van der Waals surface area contributed by atoms with Gasteiger partial charge in [0.15, 0.2) is 11.5 Å². The van der Waals surface area contributed by atoms with Gasteiger partial charge < -0.3 is 29.3 Å². The molecular weight excluding hydrogens is 558 g/mol. The van der Waals surface area contributed by atoms with Crippen LogP contribution in [0.2, 0.25) is 5.02 Å². The first-order valence-corrected chi connectivity index (χ1v) is 14.0. The lowest BCUT2D eigenvalue weighted by Crippen LogP contribution is -2.64. The van der Waals surface area contributed by atoms with E-state index in [-0.39, 0.29) is 24.3 Å². The number of hydrogen-bond donors (Lipinski definition) is 1. The number of halogens is 1. The fourth-order valence-electron chi connectivity index (χ4n) is 5.08. The molecule has 3 amide bonds. The van der Waals surface area contributed by atoms with E-state index in [9.17, 15) is 14.4 Å². The van der Waals surface area contributed by atoms with Crippen molar-refractivity contribution >= 4 is 29.3 Å². The van der Waals surface area contributed by atoms with Crippen LogP contribution < -0.4 is 19.5 Å². The molecule has 1 fully saturated rings. The third-order valence-electron chi connectivity index (χ3n) is 7.55. The molecule has 0 aliphatic carbocycles. The molecule has 9 nitrogen and oxygen atoms in total. The fourth-order valence-corrected chi connectivity index (χ4v) is 5.21. The van der Waals surface area contributed by atoms with E-state index in [0.29, 0.717) is 41.7 Å². The number of carbonyl (C=O) groups excluding carboxylic acids is 3. The van der Waals surface area contributed by atoms with Crippen LogP contribution in [0.4, 0.5) is 0 Å². The van der Waals surface area contributed by atoms with Crippen molar-refractivity contribution in [2.75, 3.05) is 41.5 Å². The molecule has 2 atom stereocenters. The molecule has 1 aliphatic heterocycles. The Kier molecular flexibility index (Phi) is 9.96. The monoisotopic (exact) mass is 593 g/mol. The van der Waals surface area contributed by atoms with E-state index in [0.717, 1.165) is 22.3 Å². The highest BCUT2D eigenvalue weighted by atomic mass is 35.5. The summed E-state index contributed by atoms with van der Waals surface area (Å²) in [6.45, 7) is 1.88. The van der Waals surface area contributed by atoms with Crippen molar-refractivity contribution < 1.29 is 28.6 Å². The van der Waals surface area contributed by atoms with Crippen molar-refractivity contribution in [3.05, 3.63) is 76.8 Å². The number of benzene rings is 3. The molecule has 222 valence electrons. The highest BCUT2D eigenvalue weighted by Gasteiger charge is 2.42. The molecule has 3 aromatic carbocycles. The summed E-state index contributed by atoms with van der Waals surface area (Å²) in [6.07, 6.45) is 0.945. The quantitative estimate of drug-likeness (QED) is 0.361. The maximum atomic E-state index is 13.5. The smallest absolute Gasteiger partial charge is 0.246 e. The minimum atomic E-state index is -0.733. The van der Waals surface area contributed by atoms with E-state index >= 15 is 0 Å². The highest BCUT2D eigenvalue weighted by molar-refractivity contribution is 6.30. The standard InChI is InChI=1S/C32H36ClN3O6/c1-20-31(38)35(2)26(32(39)36(20)19-29(37)34-15-14-21-8-12-25(33)13-9-21)16-22-6-10-23(11-7-22)24-17-27(40-3)30(42-5)28(18-24)41-4/h6-13,17-18,20,26H,14-16,19H2,1-5H3,(H,34,37)/t20-,26?/m0/s1. The van der Waals surface area contributed by atoms with Crippen molar-refractivity contribution in [2.24, 2.45) is 0 Å². The predicted octanol–water partition coefficient (Wildman–Crippen LogP) is 3.99. The molecule has 0 saturated carbocycles. The van der Waals surface area contributed by atoms with Crippen molar-refractivity contribution in [1.82, 2.24) is 15.1 Å². The average molecular weight is 594 g/mol. The molecule has 0 aromatic heterocycles. The average Bonchev–Trinajstić information content (AvgIpc) is 3.01. The summed E-state index contributed by atoms with van der Waals surface area (Å²) < 4.78 is 16.4. The number of likely N-dealkylation sites (N-methyl/N-ethyl adjacent to an activating group) is 1. The lowest BCUT2D eigenvalue weighted by atomic mass is 9.96. The Labute approximate surface area is 251 Å². The summed E-state index contributed by atoms with van der Waals surface area (Å²) in [7, 11) is 6.33. The van der Waals surface area contributed by atoms with Crippen LogP contribution in [0, 0.1) is 0 Å². The number of methoxy groups -OCH3 is 3. The Morgan fingerprint density at radius 2 is 1.45 bits per heavy atom. The Morgan fingerprint density at radius 3 is 2.02 bits per heavy atom. The molecule has 1 heterocycles. The van der Waals surface area contributed by atoms with E-state index < -0.39 is 12.1 Å². The molecule has 4 rings (SSSR count). The lowest BCUT2D eigenvalue weighted by Gasteiger charge is -2.42. The molecular formula is C32H36ClN3O6. The minimum absolute atomic E-state index is 0.184. The highest BCUT2D eigenvalue weighted by Crippen LogP contribution is 2.41. The van der Waals surface area contributed by atoms with E-state index in [1.54, 1.807) is 47.4 Å². The van der Waals surface area contributed by atoms with Gasteiger partial charge in [0.05, 0.1) is 21.3 Å². The zero-order valence-electron chi connectivity index (χ0n) is 24.5. The first-order valence-electron chi connectivity index (χ1n) is 13.6. The van der Waals surface area contributed by atoms with Crippen LogP contribution in [0.1, 0.15) is 18.1 Å². The number of hydrogen-bond acceptors (Lipinski definition) is 6. The minimum Gasteiger partial charge on any atom is -0.493 e. The van der Waals surface area contributed by atoms with Gasteiger partial charge in [0.2, 0.25) is 23.5 Å². The maximum absolute atomic E-state index is 13.5. The Hall–Kier alpha value is -4.24. The number of amides is 3. The molecule has 0 bridgehead atoms. The SMILES string of the molecule is COc1cc(-c2ccc(CC3C(=O)N(CC(=O)NCCc4ccc(Cl)cc4)[C@@H](C)C(=O)N3C)cc2)cc(OC)c1OC. The molecule has 1 aliphatic rings. The number of nitrogens with one attached hydrogen (secondary N) is 1. The molecule has 0 spiro atoms. The third kappa shape index (κ3) is 6.79. The molecule has 1 N–H and O–H groups in total. The van der Waals surface area contributed by atoms with Crippen molar-refractivity contribution in [3.63, 3.8) is 0 Å². The van der Waals surface area contributed by atoms with Crippen molar-refractivity contribution in [2.45, 2.75) is 31.8 Å². The summed E-state index contributed by atoms with van der Waals surface area (Å²) in [5.74, 6) is 0.834. The molecule has 10 heteroatoms. The Bertz CT molecular complexity index is 1400. The second kappa shape index (κ2) is 13.6. The summed E-state index contributed by atoms with van der Waals surface area (Å²) in [5, 5.41) is 3.51. The lowest BCUT2D eigenvalue weighted by molar-refractivity contribution is -0.160. The van der Waals surface area contributed by atoms with Gasteiger partial charge in [-0.3, -0.25) is 14.4 Å². The van der Waals surface area contributed by atoms with Gasteiger partial charge in [-0.25, -0.2) is 0 Å². The zero-order valence-corrected chi connectivity index (χ0v) is 25.2. The van der Waals surface area contributed by atoms with Crippen molar-refractivity contribution in [3.8, 4) is 28.4 Å². The molecule has 1 saturated heterocycles. The van der Waals surface area contributed by atoms with Crippen LogP contribution in [0.15, 0.2) is 60.7 Å². The number of ether oxygens (including phenoxy) is 3. The normalized spacial score (nSPS) is 16.8. The maximum Gasteiger partial charge on any atom is 0.246 e. The summed E-state index contributed by atoms with van der Waals surface area (Å²) >= 11 is 5.93. The van der Waals surface area contributed by atoms with E-state index in [1.807, 2.05) is 48.5 Å². The Morgan fingerprint density at radius 1 is 0.857 bits per heavy atom. The van der Waals surface area contributed by atoms with Gasteiger partial charge in [0, 0.05) is 25.0 Å². The van der Waals surface area contributed by atoms with Gasteiger partial charge in [-0.05, 0) is 59.9 Å². The van der Waals surface area contributed by atoms with Gasteiger partial charge in [0.25, 0.3) is 0 Å². The fraction of sp³-hybridized carbons (Fsp3) is 0.344. The number of nitrogens with zero attached hydrogens (tertiary/aromatic N) is 2. The number of carbonyl (C=O) groups is 3. The zero-order chi connectivity index (χ0) is 30.4. The number of piperazine rings is 1. The third-order valence-corrected chi connectivity index (χ3v) is 7.80. The summed E-state index contributed by atoms with van der Waals surface area (Å²) in [4.78, 5) is 42.2. The first-order chi connectivity index (χ1) is 20.2. The Balaban J connectivity index is 1.43. The molecule has 3 aromatic rings. The van der Waals surface area contributed by atoms with Gasteiger partial charge >= 0.3 is 0 Å². The van der Waals surface area contributed by atoms with Gasteiger partial charge in [-0.1, -0.05) is 48.0 Å². The second-order valence-corrected chi connectivity index (χ2v) is 10.6. The topological polar surface area (TPSA) is 97.4 Å². The van der Waals surface area contributed by atoms with Crippen LogP contribution in [0.25, 0.3) is 11.1 Å². The molecule has 42 heavy (non-hydrogen) atoms. The first kappa shape index (κ1) is 30.7. The van der Waals surface area contributed by atoms with E-state index in [4.69, 9.17) is 25.8 Å². The van der Waals surface area contributed by atoms with Gasteiger partial charge in [-0.15, -0.1) is 0 Å². The number of rotatable bonds is 11. The van der Waals surface area contributed by atoms with E-state index in [1.165, 1.54) is 9.80 Å². The van der Waals surface area contributed by atoms with Gasteiger partial charge in [-0.2, -0.15) is 0 Å². The van der Waals surface area contributed by atoms with Crippen LogP contribution in [-0.4, -0.2) is 81.1 Å². The van der Waals surface area contributed by atoms with Crippen LogP contribution >= 0.6 is 11.6 Å². The molecule has 1 unspecified atom stereocenters. The van der Waals surface area contributed by atoms with Crippen molar-refractivity contribution in [1.29, 1.82) is 0 Å².